The molecular formula is C16H26ClO3P. The summed E-state index contributed by atoms with van der Waals surface area (Å²) in [5, 5.41) is 0.628. The van der Waals surface area contributed by atoms with Gasteiger partial charge in [0.25, 0.3) is 0 Å². The van der Waals surface area contributed by atoms with E-state index in [2.05, 4.69) is 20.8 Å². The lowest BCUT2D eigenvalue weighted by Crippen LogP contribution is -2.05. The smallest absolute Gasteiger partial charge is 0.379 e. The maximum atomic E-state index is 12.8. The van der Waals surface area contributed by atoms with E-state index in [-0.39, 0.29) is 0 Å². The molecule has 1 rings (SSSR count). The molecule has 0 aliphatic rings. The van der Waals surface area contributed by atoms with Crippen LogP contribution in [0, 0.1) is 5.92 Å². The molecule has 0 saturated heterocycles. The van der Waals surface area contributed by atoms with E-state index >= 15 is 0 Å². The van der Waals surface area contributed by atoms with Gasteiger partial charge in [-0.25, -0.2) is 4.57 Å². The molecule has 0 spiro atoms. The van der Waals surface area contributed by atoms with Crippen LogP contribution in [0.2, 0.25) is 5.02 Å². The van der Waals surface area contributed by atoms with Gasteiger partial charge in [0.15, 0.2) is 0 Å². The molecule has 1 atom stereocenters. The fraction of sp³-hybridized carbons (Fsp3) is 0.625. The molecule has 120 valence electrons. The monoisotopic (exact) mass is 332 g/mol. The van der Waals surface area contributed by atoms with E-state index < -0.39 is 7.60 Å². The Kier molecular flexibility index (Phi) is 8.39. The van der Waals surface area contributed by atoms with Gasteiger partial charge >= 0.3 is 7.60 Å². The van der Waals surface area contributed by atoms with E-state index in [9.17, 15) is 4.57 Å². The van der Waals surface area contributed by atoms with E-state index in [0.717, 1.165) is 25.7 Å². The van der Waals surface area contributed by atoms with Crippen molar-refractivity contribution in [2.24, 2.45) is 5.92 Å². The first-order chi connectivity index (χ1) is 9.95. The Balaban J connectivity index is 2.59. The van der Waals surface area contributed by atoms with E-state index in [1.807, 2.05) is 0 Å². The van der Waals surface area contributed by atoms with Crippen molar-refractivity contribution in [2.75, 3.05) is 12.8 Å². The Hall–Kier alpha value is -0.500. The van der Waals surface area contributed by atoms with Crippen LogP contribution in [0.15, 0.2) is 24.3 Å². The first-order valence-electron chi connectivity index (χ1n) is 7.64. The van der Waals surface area contributed by atoms with Gasteiger partial charge in [-0.15, -0.1) is 0 Å². The van der Waals surface area contributed by atoms with Crippen LogP contribution in [0.1, 0.15) is 46.5 Å². The third-order valence-electron chi connectivity index (χ3n) is 3.06. The molecule has 1 aromatic carbocycles. The largest absolute Gasteiger partial charge is 0.424 e. The first kappa shape index (κ1) is 18.5. The molecule has 0 amide bonds. The van der Waals surface area contributed by atoms with Gasteiger partial charge in [-0.1, -0.05) is 38.8 Å². The molecule has 0 heterocycles. The van der Waals surface area contributed by atoms with E-state index in [0.29, 0.717) is 29.5 Å². The average Bonchev–Trinajstić information content (AvgIpc) is 2.44. The predicted octanol–water partition coefficient (Wildman–Crippen LogP) is 6.16. The van der Waals surface area contributed by atoms with Crippen molar-refractivity contribution in [1.82, 2.24) is 0 Å². The number of rotatable bonds is 10. The Bertz CT molecular complexity index is 445. The average molecular weight is 333 g/mol. The summed E-state index contributed by atoms with van der Waals surface area (Å²) in [6.45, 7) is 6.87. The molecule has 3 nitrogen and oxygen atoms in total. The highest BCUT2D eigenvalue weighted by molar-refractivity contribution is 7.54. The molecule has 0 N–H and O–H groups in total. The maximum absolute atomic E-state index is 12.8. The fourth-order valence-corrected chi connectivity index (χ4v) is 3.79. The van der Waals surface area contributed by atoms with Gasteiger partial charge in [0.1, 0.15) is 5.75 Å². The molecule has 0 saturated carbocycles. The molecule has 0 fully saturated rings. The van der Waals surface area contributed by atoms with Crippen LogP contribution in [0.4, 0.5) is 0 Å². The van der Waals surface area contributed by atoms with Gasteiger partial charge < -0.3 is 4.52 Å². The molecule has 1 unspecified atom stereocenters. The van der Waals surface area contributed by atoms with Crippen molar-refractivity contribution < 1.29 is 13.6 Å². The molecule has 0 radical (unpaired) electrons. The second kappa shape index (κ2) is 9.50. The van der Waals surface area contributed by atoms with Crippen LogP contribution in [-0.4, -0.2) is 12.8 Å². The van der Waals surface area contributed by atoms with Crippen molar-refractivity contribution >= 4 is 19.2 Å². The topological polar surface area (TPSA) is 35.5 Å². The van der Waals surface area contributed by atoms with Gasteiger partial charge in [0.2, 0.25) is 0 Å². The van der Waals surface area contributed by atoms with Gasteiger partial charge in [-0.05, 0) is 49.4 Å². The highest BCUT2D eigenvalue weighted by Gasteiger charge is 2.25. The number of benzene rings is 1. The Morgan fingerprint density at radius 2 is 1.86 bits per heavy atom. The molecule has 21 heavy (non-hydrogen) atoms. The van der Waals surface area contributed by atoms with Crippen LogP contribution in [0.5, 0.6) is 5.75 Å². The van der Waals surface area contributed by atoms with Gasteiger partial charge in [0, 0.05) is 5.02 Å². The Labute approximate surface area is 133 Å². The zero-order valence-corrected chi connectivity index (χ0v) is 14.8. The summed E-state index contributed by atoms with van der Waals surface area (Å²) < 4.78 is 24.1. The van der Waals surface area contributed by atoms with Crippen LogP contribution in [0.25, 0.3) is 0 Å². The van der Waals surface area contributed by atoms with Crippen LogP contribution in [-0.2, 0) is 9.09 Å². The molecule has 0 aliphatic heterocycles. The third-order valence-corrected chi connectivity index (χ3v) is 5.24. The zero-order chi connectivity index (χ0) is 15.7. The second-order valence-electron chi connectivity index (χ2n) is 5.60. The van der Waals surface area contributed by atoms with Gasteiger partial charge in [0.05, 0.1) is 12.8 Å². The first-order valence-corrected chi connectivity index (χ1v) is 9.74. The molecule has 0 aromatic heterocycles. The van der Waals surface area contributed by atoms with Crippen LogP contribution in [0.3, 0.4) is 0 Å². The van der Waals surface area contributed by atoms with E-state index in [1.54, 1.807) is 24.3 Å². The number of unbranched alkanes of at least 4 members (excludes halogenated alkanes) is 1. The fourth-order valence-electron chi connectivity index (χ4n) is 1.84. The Morgan fingerprint density at radius 1 is 1.19 bits per heavy atom. The molecule has 0 aliphatic carbocycles. The molecule has 5 heteroatoms. The predicted molar refractivity (Wildman–Crippen MR) is 89.5 cm³/mol. The summed E-state index contributed by atoms with van der Waals surface area (Å²) in [6, 6.07) is 6.89. The lowest BCUT2D eigenvalue weighted by molar-refractivity contribution is 0.253. The highest BCUT2D eigenvalue weighted by Crippen LogP contribution is 2.49. The van der Waals surface area contributed by atoms with Crippen molar-refractivity contribution in [3.63, 3.8) is 0 Å². The minimum absolute atomic E-state index is 0.452. The van der Waals surface area contributed by atoms with Crippen LogP contribution >= 0.6 is 19.2 Å². The van der Waals surface area contributed by atoms with Crippen LogP contribution < -0.4 is 4.52 Å². The minimum atomic E-state index is -3.08. The molecule has 0 bridgehead atoms. The minimum Gasteiger partial charge on any atom is -0.424 e. The highest BCUT2D eigenvalue weighted by atomic mass is 35.5. The molecule has 1 aromatic rings. The standard InChI is InChI=1S/C16H26ClO3P/c1-4-5-13-21(18,19-12-6-7-14(2)3)20-16-10-8-15(17)9-11-16/h8-11,14H,4-7,12-13H2,1-3H3. The van der Waals surface area contributed by atoms with Crippen molar-refractivity contribution in [3.05, 3.63) is 29.3 Å². The summed E-state index contributed by atoms with van der Waals surface area (Å²) >= 11 is 5.84. The molecular weight excluding hydrogens is 307 g/mol. The maximum Gasteiger partial charge on any atom is 0.379 e. The second-order valence-corrected chi connectivity index (χ2v) is 8.15. The summed E-state index contributed by atoms with van der Waals surface area (Å²) in [6.07, 6.45) is 4.21. The number of halogens is 1. The lowest BCUT2D eigenvalue weighted by atomic mass is 10.1. The number of hydrogen-bond donors (Lipinski definition) is 0. The van der Waals surface area contributed by atoms with Gasteiger partial charge in [-0.3, -0.25) is 4.52 Å². The zero-order valence-electron chi connectivity index (χ0n) is 13.2. The Morgan fingerprint density at radius 3 is 2.43 bits per heavy atom. The summed E-state index contributed by atoms with van der Waals surface area (Å²) in [7, 11) is -3.08. The summed E-state index contributed by atoms with van der Waals surface area (Å²) in [5.41, 5.74) is 0. The van der Waals surface area contributed by atoms with Crippen molar-refractivity contribution in [2.45, 2.75) is 46.5 Å². The third kappa shape index (κ3) is 7.90. The van der Waals surface area contributed by atoms with E-state index in [4.69, 9.17) is 20.6 Å². The van der Waals surface area contributed by atoms with E-state index in [1.165, 1.54) is 0 Å². The quantitative estimate of drug-likeness (QED) is 0.380. The normalized spacial score (nSPS) is 14.1. The summed E-state index contributed by atoms with van der Waals surface area (Å²) in [4.78, 5) is 0. The SMILES string of the molecule is CCCCP(=O)(OCCCC(C)C)Oc1ccc(Cl)cc1. The van der Waals surface area contributed by atoms with Crippen molar-refractivity contribution in [3.8, 4) is 5.75 Å². The lowest BCUT2D eigenvalue weighted by Gasteiger charge is -2.19. The van der Waals surface area contributed by atoms with Crippen molar-refractivity contribution in [1.29, 1.82) is 0 Å². The number of hydrogen-bond acceptors (Lipinski definition) is 3. The summed E-state index contributed by atoms with van der Waals surface area (Å²) in [5.74, 6) is 1.17. The van der Waals surface area contributed by atoms with Gasteiger partial charge in [-0.2, -0.15) is 0 Å².